The van der Waals surface area contributed by atoms with Crippen LogP contribution in [0.5, 0.6) is 0 Å². The number of likely N-dealkylation sites (N-methyl/N-ethyl adjacent to an activating group) is 1. The fourth-order valence-corrected chi connectivity index (χ4v) is 1.63. The Morgan fingerprint density at radius 3 is 2.87 bits per heavy atom. The third-order valence-corrected chi connectivity index (χ3v) is 2.94. The van der Waals surface area contributed by atoms with Gasteiger partial charge in [-0.25, -0.2) is 0 Å². The van der Waals surface area contributed by atoms with E-state index in [2.05, 4.69) is 14.9 Å². The van der Waals surface area contributed by atoms with Crippen molar-refractivity contribution in [3.8, 4) is 0 Å². The first-order chi connectivity index (χ1) is 6.92. The molecule has 0 saturated carbocycles. The topological polar surface area (TPSA) is 115 Å². The van der Waals surface area contributed by atoms with Crippen molar-refractivity contribution in [2.24, 2.45) is 0 Å². The molecule has 1 aromatic rings. The number of carboxylic acid groups (broad SMARTS) is 1. The molecule has 0 aromatic carbocycles. The normalized spacial score (nSPS) is 11.6. The minimum atomic E-state index is -3.85. The van der Waals surface area contributed by atoms with Gasteiger partial charge in [-0.3, -0.25) is 14.6 Å². The summed E-state index contributed by atoms with van der Waals surface area (Å²) in [6, 6.07) is 1.41. The van der Waals surface area contributed by atoms with Crippen molar-refractivity contribution in [1.82, 2.24) is 14.5 Å². The Morgan fingerprint density at radius 1 is 1.73 bits per heavy atom. The lowest BCUT2D eigenvalue weighted by Crippen LogP contribution is -2.36. The summed E-state index contributed by atoms with van der Waals surface area (Å²) < 4.78 is 25.7. The Labute approximate surface area is 86.1 Å². The Kier molecular flexibility index (Phi) is 3.27. The summed E-state index contributed by atoms with van der Waals surface area (Å²) in [5.41, 5.74) is 0. The maximum atomic E-state index is 11.4. The number of aliphatic carboxylic acids is 1. The molecule has 0 atom stereocenters. The molecule has 1 rings (SSSR count). The molecular weight excluding hydrogens is 224 g/mol. The van der Waals surface area contributed by atoms with Gasteiger partial charge < -0.3 is 5.11 Å². The molecule has 0 aliphatic heterocycles. The van der Waals surface area contributed by atoms with Gasteiger partial charge in [-0.2, -0.15) is 17.8 Å². The summed E-state index contributed by atoms with van der Waals surface area (Å²) in [4.78, 5) is 10.3. The summed E-state index contributed by atoms with van der Waals surface area (Å²) in [6.45, 7) is -0.608. The Hall–Kier alpha value is -1.61. The average molecular weight is 234 g/mol. The Morgan fingerprint density at radius 2 is 2.40 bits per heavy atom. The maximum Gasteiger partial charge on any atom is 0.318 e. The van der Waals surface area contributed by atoms with Crippen molar-refractivity contribution in [3.05, 3.63) is 12.3 Å². The predicted octanol–water partition coefficient (Wildman–Crippen LogP) is -0.917. The van der Waals surface area contributed by atoms with Crippen molar-refractivity contribution >= 4 is 22.0 Å². The number of carboxylic acids is 1. The van der Waals surface area contributed by atoms with E-state index in [0.717, 1.165) is 7.05 Å². The standard InChI is InChI=1S/C6H10N4O4S/c1-10(4-6(11)12)15(13,14)9-5-2-3-7-8-5/h2-3H,4H2,1H3,(H,11,12)(H2,7,8,9). The second-order valence-corrected chi connectivity index (χ2v) is 4.50. The number of hydrogen-bond donors (Lipinski definition) is 3. The third kappa shape index (κ3) is 3.22. The van der Waals surface area contributed by atoms with Gasteiger partial charge >= 0.3 is 16.2 Å². The zero-order valence-electron chi connectivity index (χ0n) is 7.84. The molecule has 0 fully saturated rings. The monoisotopic (exact) mass is 234 g/mol. The quantitative estimate of drug-likeness (QED) is 0.609. The SMILES string of the molecule is CN(CC(=O)O)S(=O)(=O)Nc1ccn[nH]1. The molecule has 84 valence electrons. The van der Waals surface area contributed by atoms with Crippen LogP contribution >= 0.6 is 0 Å². The summed E-state index contributed by atoms with van der Waals surface area (Å²) in [6.07, 6.45) is 1.37. The van der Waals surface area contributed by atoms with Crippen molar-refractivity contribution in [1.29, 1.82) is 0 Å². The first kappa shape index (κ1) is 11.5. The lowest BCUT2D eigenvalue weighted by atomic mass is 10.7. The number of H-pyrrole nitrogens is 1. The average Bonchev–Trinajstić information content (AvgIpc) is 2.54. The maximum absolute atomic E-state index is 11.4. The summed E-state index contributed by atoms with van der Waals surface area (Å²) in [7, 11) is -2.69. The highest BCUT2D eigenvalue weighted by atomic mass is 32.2. The van der Waals surface area contributed by atoms with Crippen LogP contribution in [-0.4, -0.2) is 47.6 Å². The Balaban J connectivity index is 2.71. The van der Waals surface area contributed by atoms with Crippen LogP contribution in [0, 0.1) is 0 Å². The van der Waals surface area contributed by atoms with Crippen molar-refractivity contribution in [2.45, 2.75) is 0 Å². The van der Waals surface area contributed by atoms with E-state index in [1.807, 2.05) is 0 Å². The van der Waals surface area contributed by atoms with E-state index >= 15 is 0 Å². The zero-order chi connectivity index (χ0) is 11.5. The van der Waals surface area contributed by atoms with Gasteiger partial charge in [0.25, 0.3) is 0 Å². The number of hydrogen-bond acceptors (Lipinski definition) is 4. The molecule has 1 heterocycles. The third-order valence-electron chi connectivity index (χ3n) is 1.51. The van der Waals surface area contributed by atoms with Gasteiger partial charge in [0.15, 0.2) is 0 Å². The number of anilines is 1. The molecule has 0 spiro atoms. The molecular formula is C6H10N4O4S. The van der Waals surface area contributed by atoms with E-state index in [9.17, 15) is 13.2 Å². The number of rotatable bonds is 5. The van der Waals surface area contributed by atoms with Crippen LogP contribution in [-0.2, 0) is 15.0 Å². The van der Waals surface area contributed by atoms with Crippen LogP contribution in [0.1, 0.15) is 0 Å². The van der Waals surface area contributed by atoms with Crippen LogP contribution in [0.4, 0.5) is 5.82 Å². The van der Waals surface area contributed by atoms with Gasteiger partial charge in [-0.05, 0) is 0 Å². The van der Waals surface area contributed by atoms with Crippen LogP contribution in [0.15, 0.2) is 12.3 Å². The fourth-order valence-electron chi connectivity index (χ4n) is 0.805. The molecule has 0 saturated heterocycles. The highest BCUT2D eigenvalue weighted by Crippen LogP contribution is 2.05. The van der Waals surface area contributed by atoms with Gasteiger partial charge in [0.2, 0.25) is 0 Å². The molecule has 15 heavy (non-hydrogen) atoms. The summed E-state index contributed by atoms with van der Waals surface area (Å²) >= 11 is 0. The largest absolute Gasteiger partial charge is 0.480 e. The molecule has 1 aromatic heterocycles. The Bertz CT molecular complexity index is 426. The smallest absolute Gasteiger partial charge is 0.318 e. The van der Waals surface area contributed by atoms with Gasteiger partial charge in [-0.15, -0.1) is 0 Å². The van der Waals surface area contributed by atoms with Gasteiger partial charge in [-0.1, -0.05) is 0 Å². The summed E-state index contributed by atoms with van der Waals surface area (Å²) in [5, 5.41) is 14.3. The van der Waals surface area contributed by atoms with Crippen LogP contribution in [0.2, 0.25) is 0 Å². The van der Waals surface area contributed by atoms with E-state index in [1.165, 1.54) is 12.3 Å². The second kappa shape index (κ2) is 4.28. The van der Waals surface area contributed by atoms with Gasteiger partial charge in [0.05, 0.1) is 6.20 Å². The highest BCUT2D eigenvalue weighted by Gasteiger charge is 2.20. The van der Waals surface area contributed by atoms with E-state index in [1.54, 1.807) is 0 Å². The predicted molar refractivity (Wildman–Crippen MR) is 51.4 cm³/mol. The number of nitrogens with zero attached hydrogens (tertiary/aromatic N) is 2. The number of aromatic nitrogens is 2. The molecule has 0 radical (unpaired) electrons. The molecule has 0 amide bonds. The van der Waals surface area contributed by atoms with E-state index in [4.69, 9.17) is 5.11 Å². The van der Waals surface area contributed by atoms with E-state index < -0.39 is 22.7 Å². The molecule has 0 bridgehead atoms. The minimum absolute atomic E-state index is 0.173. The van der Waals surface area contributed by atoms with E-state index in [0.29, 0.717) is 4.31 Å². The van der Waals surface area contributed by atoms with Gasteiger partial charge in [0, 0.05) is 13.1 Å². The molecule has 0 aliphatic rings. The van der Waals surface area contributed by atoms with Crippen molar-refractivity contribution in [2.75, 3.05) is 18.3 Å². The molecule has 0 aliphatic carbocycles. The lowest BCUT2D eigenvalue weighted by molar-refractivity contribution is -0.137. The number of carbonyl (C=O) groups is 1. The first-order valence-electron chi connectivity index (χ1n) is 3.87. The minimum Gasteiger partial charge on any atom is -0.480 e. The first-order valence-corrected chi connectivity index (χ1v) is 5.31. The molecule has 9 heteroatoms. The number of aromatic amines is 1. The molecule has 8 nitrogen and oxygen atoms in total. The zero-order valence-corrected chi connectivity index (χ0v) is 8.65. The highest BCUT2D eigenvalue weighted by molar-refractivity contribution is 7.90. The van der Waals surface area contributed by atoms with Crippen LogP contribution in [0.3, 0.4) is 0 Å². The number of nitrogens with one attached hydrogen (secondary N) is 2. The van der Waals surface area contributed by atoms with E-state index in [-0.39, 0.29) is 5.82 Å². The van der Waals surface area contributed by atoms with Crippen molar-refractivity contribution in [3.63, 3.8) is 0 Å². The molecule has 0 unspecified atom stereocenters. The second-order valence-electron chi connectivity index (χ2n) is 2.73. The van der Waals surface area contributed by atoms with Crippen LogP contribution in [0.25, 0.3) is 0 Å². The van der Waals surface area contributed by atoms with Crippen molar-refractivity contribution < 1.29 is 18.3 Å². The molecule has 3 N–H and O–H groups in total. The van der Waals surface area contributed by atoms with Gasteiger partial charge in [0.1, 0.15) is 12.4 Å². The fraction of sp³-hybridized carbons (Fsp3) is 0.333. The summed E-state index contributed by atoms with van der Waals surface area (Å²) in [5.74, 6) is -1.06. The lowest BCUT2D eigenvalue weighted by Gasteiger charge is -2.14. The van der Waals surface area contributed by atoms with Crippen LogP contribution < -0.4 is 4.72 Å².